The van der Waals surface area contributed by atoms with Gasteiger partial charge in [-0.25, -0.2) is 0 Å². The summed E-state index contributed by atoms with van der Waals surface area (Å²) in [4.78, 5) is 9.94. The molecule has 0 heterocycles. The Balaban J connectivity index is 2.63. The van der Waals surface area contributed by atoms with Crippen molar-refractivity contribution in [3.05, 3.63) is 27.8 Å². The van der Waals surface area contributed by atoms with Gasteiger partial charge >= 0.3 is 0 Å². The highest BCUT2D eigenvalue weighted by Gasteiger charge is 1.91. The first-order valence-corrected chi connectivity index (χ1v) is 4.23. The fourth-order valence-corrected chi connectivity index (χ4v) is 1.20. The lowest BCUT2D eigenvalue weighted by Crippen LogP contribution is -1.97. The maximum Gasteiger partial charge on any atom is 0.157 e. The van der Waals surface area contributed by atoms with Gasteiger partial charge < -0.3 is 4.74 Å². The van der Waals surface area contributed by atoms with Crippen molar-refractivity contribution < 1.29 is 9.53 Å². The predicted molar refractivity (Wildman–Crippen MR) is 50.7 cm³/mol. The normalized spacial score (nSPS) is 9.18. The summed E-state index contributed by atoms with van der Waals surface area (Å²) in [6, 6.07) is 7.56. The standard InChI is InChI=1S/C8H7IO2/c9-7-2-1-3-8(6-7)11-5-4-10/h1-4,6H,5H2. The molecule has 0 bridgehead atoms. The molecule has 0 saturated carbocycles. The monoisotopic (exact) mass is 262 g/mol. The van der Waals surface area contributed by atoms with Gasteiger partial charge in [0.15, 0.2) is 6.29 Å². The van der Waals surface area contributed by atoms with Gasteiger partial charge in [-0.1, -0.05) is 6.07 Å². The van der Waals surface area contributed by atoms with Crippen LogP contribution in [-0.2, 0) is 4.79 Å². The van der Waals surface area contributed by atoms with Crippen molar-refractivity contribution in [3.8, 4) is 5.75 Å². The van der Waals surface area contributed by atoms with Crippen LogP contribution in [0.25, 0.3) is 0 Å². The maximum atomic E-state index is 9.94. The first-order valence-electron chi connectivity index (χ1n) is 3.15. The smallest absolute Gasteiger partial charge is 0.157 e. The number of hydrogen-bond donors (Lipinski definition) is 0. The number of halogens is 1. The number of carbonyl (C=O) groups excluding carboxylic acids is 1. The van der Waals surface area contributed by atoms with E-state index in [-0.39, 0.29) is 6.61 Å². The molecule has 0 amide bonds. The Morgan fingerprint density at radius 1 is 1.55 bits per heavy atom. The van der Waals surface area contributed by atoms with Crippen LogP contribution in [0.4, 0.5) is 0 Å². The Kier molecular flexibility index (Phi) is 3.35. The predicted octanol–water partition coefficient (Wildman–Crippen LogP) is 1.87. The molecular formula is C8H7IO2. The second-order valence-corrected chi connectivity index (χ2v) is 3.18. The lowest BCUT2D eigenvalue weighted by atomic mass is 10.3. The molecule has 0 aliphatic carbocycles. The van der Waals surface area contributed by atoms with E-state index in [4.69, 9.17) is 4.74 Å². The van der Waals surface area contributed by atoms with Gasteiger partial charge in [0.1, 0.15) is 12.4 Å². The van der Waals surface area contributed by atoms with E-state index in [1.807, 2.05) is 24.3 Å². The van der Waals surface area contributed by atoms with Crippen LogP contribution in [0.1, 0.15) is 0 Å². The number of aldehydes is 1. The topological polar surface area (TPSA) is 26.3 Å². The van der Waals surface area contributed by atoms with Crippen LogP contribution in [0, 0.1) is 3.57 Å². The van der Waals surface area contributed by atoms with E-state index >= 15 is 0 Å². The van der Waals surface area contributed by atoms with E-state index in [1.54, 1.807) is 0 Å². The highest BCUT2D eigenvalue weighted by atomic mass is 127. The average molecular weight is 262 g/mol. The molecule has 0 unspecified atom stereocenters. The van der Waals surface area contributed by atoms with Crippen LogP contribution in [0.5, 0.6) is 5.75 Å². The van der Waals surface area contributed by atoms with Crippen molar-refractivity contribution in [1.82, 2.24) is 0 Å². The molecule has 0 aromatic heterocycles. The number of benzene rings is 1. The van der Waals surface area contributed by atoms with Gasteiger partial charge in [-0.05, 0) is 40.8 Å². The molecule has 0 saturated heterocycles. The van der Waals surface area contributed by atoms with Crippen LogP contribution in [0.2, 0.25) is 0 Å². The molecule has 0 fully saturated rings. The summed E-state index contributed by atoms with van der Waals surface area (Å²) < 4.78 is 6.17. The summed E-state index contributed by atoms with van der Waals surface area (Å²) in [6.45, 7) is 0.125. The van der Waals surface area contributed by atoms with E-state index in [2.05, 4.69) is 22.6 Å². The third-order valence-electron chi connectivity index (χ3n) is 1.11. The van der Waals surface area contributed by atoms with E-state index in [1.165, 1.54) is 0 Å². The summed E-state index contributed by atoms with van der Waals surface area (Å²) in [5, 5.41) is 0. The minimum absolute atomic E-state index is 0.125. The minimum Gasteiger partial charge on any atom is -0.486 e. The van der Waals surface area contributed by atoms with Crippen LogP contribution >= 0.6 is 22.6 Å². The molecule has 1 aromatic rings. The molecule has 0 aliphatic rings. The largest absolute Gasteiger partial charge is 0.486 e. The average Bonchev–Trinajstić information content (AvgIpc) is 2.01. The van der Waals surface area contributed by atoms with Crippen LogP contribution in [0.15, 0.2) is 24.3 Å². The summed E-state index contributed by atoms with van der Waals surface area (Å²) >= 11 is 2.19. The first-order chi connectivity index (χ1) is 5.33. The van der Waals surface area contributed by atoms with Gasteiger partial charge in [-0.3, -0.25) is 4.79 Å². The molecule has 1 rings (SSSR count). The summed E-state index contributed by atoms with van der Waals surface area (Å²) in [7, 11) is 0. The Morgan fingerprint density at radius 3 is 3.00 bits per heavy atom. The highest BCUT2D eigenvalue weighted by Crippen LogP contribution is 2.13. The van der Waals surface area contributed by atoms with E-state index in [0.717, 1.165) is 15.6 Å². The van der Waals surface area contributed by atoms with Crippen LogP contribution in [0.3, 0.4) is 0 Å². The Labute approximate surface area is 78.7 Å². The van der Waals surface area contributed by atoms with E-state index in [9.17, 15) is 4.79 Å². The van der Waals surface area contributed by atoms with E-state index in [0.29, 0.717) is 0 Å². The van der Waals surface area contributed by atoms with Gasteiger partial charge in [0, 0.05) is 3.57 Å². The summed E-state index contributed by atoms with van der Waals surface area (Å²) in [5.74, 6) is 0.740. The molecule has 3 heteroatoms. The molecule has 0 N–H and O–H groups in total. The van der Waals surface area contributed by atoms with E-state index < -0.39 is 0 Å². The zero-order valence-electron chi connectivity index (χ0n) is 5.79. The SMILES string of the molecule is O=CCOc1cccc(I)c1. The van der Waals surface area contributed by atoms with Crippen LogP contribution in [-0.4, -0.2) is 12.9 Å². The lowest BCUT2D eigenvalue weighted by Gasteiger charge is -2.00. The van der Waals surface area contributed by atoms with Gasteiger partial charge in [0.2, 0.25) is 0 Å². The molecular weight excluding hydrogens is 255 g/mol. The van der Waals surface area contributed by atoms with Crippen molar-refractivity contribution in [1.29, 1.82) is 0 Å². The second-order valence-electron chi connectivity index (χ2n) is 1.94. The fourth-order valence-electron chi connectivity index (χ4n) is 0.687. The molecule has 1 aromatic carbocycles. The lowest BCUT2D eigenvalue weighted by molar-refractivity contribution is -0.109. The van der Waals surface area contributed by atoms with Gasteiger partial charge in [-0.15, -0.1) is 0 Å². The zero-order valence-corrected chi connectivity index (χ0v) is 7.95. The van der Waals surface area contributed by atoms with Crippen molar-refractivity contribution in [3.63, 3.8) is 0 Å². The van der Waals surface area contributed by atoms with Crippen molar-refractivity contribution in [2.24, 2.45) is 0 Å². The first kappa shape index (κ1) is 8.52. The molecule has 58 valence electrons. The summed E-state index contributed by atoms with van der Waals surface area (Å²) in [6.07, 6.45) is 0.736. The van der Waals surface area contributed by atoms with Gasteiger partial charge in [0.25, 0.3) is 0 Å². The molecule has 2 nitrogen and oxygen atoms in total. The maximum absolute atomic E-state index is 9.94. The number of hydrogen-bond acceptors (Lipinski definition) is 2. The Morgan fingerprint density at radius 2 is 2.36 bits per heavy atom. The Hall–Kier alpha value is -0.580. The molecule has 0 spiro atoms. The third-order valence-corrected chi connectivity index (χ3v) is 1.79. The number of ether oxygens (including phenoxy) is 1. The van der Waals surface area contributed by atoms with Gasteiger partial charge in [-0.2, -0.15) is 0 Å². The van der Waals surface area contributed by atoms with Crippen molar-refractivity contribution >= 4 is 28.9 Å². The van der Waals surface area contributed by atoms with Gasteiger partial charge in [0.05, 0.1) is 0 Å². The zero-order chi connectivity index (χ0) is 8.10. The van der Waals surface area contributed by atoms with Crippen LogP contribution < -0.4 is 4.74 Å². The Bertz CT molecular complexity index is 248. The fraction of sp³-hybridized carbons (Fsp3) is 0.125. The quantitative estimate of drug-likeness (QED) is 0.614. The molecule has 0 aliphatic heterocycles. The van der Waals surface area contributed by atoms with Crippen molar-refractivity contribution in [2.75, 3.05) is 6.61 Å². The summed E-state index contributed by atoms with van der Waals surface area (Å²) in [5.41, 5.74) is 0. The second kappa shape index (κ2) is 4.33. The number of carbonyl (C=O) groups is 1. The number of rotatable bonds is 3. The molecule has 0 atom stereocenters. The molecule has 0 radical (unpaired) electrons. The highest BCUT2D eigenvalue weighted by molar-refractivity contribution is 14.1. The molecule has 11 heavy (non-hydrogen) atoms. The van der Waals surface area contributed by atoms with Crippen molar-refractivity contribution in [2.45, 2.75) is 0 Å². The third kappa shape index (κ3) is 2.88. The minimum atomic E-state index is 0.125.